The van der Waals surface area contributed by atoms with Crippen molar-refractivity contribution in [2.24, 2.45) is 5.73 Å². The van der Waals surface area contributed by atoms with Crippen LogP contribution in [0.25, 0.3) is 5.65 Å². The molecule has 4 heterocycles. The molecular weight excluding hydrogens is 268 g/mol. The molecule has 0 bridgehead atoms. The number of nitrogens with zero attached hydrogens (tertiary/aromatic N) is 7. The summed E-state index contributed by atoms with van der Waals surface area (Å²) in [7, 11) is 0. The molecule has 0 aromatic carbocycles. The van der Waals surface area contributed by atoms with Gasteiger partial charge in [-0.25, -0.2) is 0 Å². The summed E-state index contributed by atoms with van der Waals surface area (Å²) in [6.07, 6.45) is 3.42. The monoisotopic (exact) mass is 288 g/mol. The molecule has 8 nitrogen and oxygen atoms in total. The molecule has 21 heavy (non-hydrogen) atoms. The van der Waals surface area contributed by atoms with E-state index in [9.17, 15) is 0 Å². The lowest BCUT2D eigenvalue weighted by molar-refractivity contribution is 0.163. The van der Waals surface area contributed by atoms with Crippen LogP contribution < -0.4 is 10.6 Å². The lowest BCUT2D eigenvalue weighted by Gasteiger charge is -2.34. The van der Waals surface area contributed by atoms with Crippen LogP contribution in [-0.4, -0.2) is 68.4 Å². The van der Waals surface area contributed by atoms with E-state index in [0.29, 0.717) is 17.7 Å². The standard InChI is InChI=1S/C13H20N8/c14-10-3-6-19(7-4-10)11-5-8-20(9-11)13-2-1-12-15-17-18-21(12)16-13/h1-2,10-11H,3-9,14H2. The quantitative estimate of drug-likeness (QED) is 0.798. The molecule has 2 aromatic rings. The number of likely N-dealkylation sites (tertiary alicyclic amines) is 1. The molecule has 2 N–H and O–H groups in total. The fourth-order valence-electron chi connectivity index (χ4n) is 3.34. The highest BCUT2D eigenvalue weighted by Gasteiger charge is 2.30. The largest absolute Gasteiger partial charge is 0.353 e. The van der Waals surface area contributed by atoms with E-state index >= 15 is 0 Å². The first-order valence-electron chi connectivity index (χ1n) is 7.59. The molecule has 0 spiro atoms. The third-order valence-electron chi connectivity index (χ3n) is 4.63. The summed E-state index contributed by atoms with van der Waals surface area (Å²) in [6, 6.07) is 4.92. The summed E-state index contributed by atoms with van der Waals surface area (Å²) in [4.78, 5) is 4.90. The van der Waals surface area contributed by atoms with E-state index in [-0.39, 0.29) is 0 Å². The minimum atomic E-state index is 0.391. The van der Waals surface area contributed by atoms with Gasteiger partial charge in [0.2, 0.25) is 0 Å². The van der Waals surface area contributed by atoms with E-state index < -0.39 is 0 Å². The maximum atomic E-state index is 5.99. The molecule has 0 saturated carbocycles. The zero-order chi connectivity index (χ0) is 14.2. The van der Waals surface area contributed by atoms with E-state index in [2.05, 4.69) is 30.4 Å². The highest BCUT2D eigenvalue weighted by Crippen LogP contribution is 2.23. The molecule has 2 fully saturated rings. The Bertz CT molecular complexity index is 617. The summed E-state index contributed by atoms with van der Waals surface area (Å²) < 4.78 is 1.49. The second kappa shape index (κ2) is 5.19. The summed E-state index contributed by atoms with van der Waals surface area (Å²) in [5, 5.41) is 15.8. The minimum absolute atomic E-state index is 0.391. The van der Waals surface area contributed by atoms with Crippen molar-refractivity contribution in [2.45, 2.75) is 31.3 Å². The Labute approximate surface area is 122 Å². The van der Waals surface area contributed by atoms with E-state index in [1.807, 2.05) is 12.1 Å². The number of anilines is 1. The number of rotatable bonds is 2. The predicted octanol–water partition coefficient (Wildman–Crippen LogP) is -0.479. The average Bonchev–Trinajstić information content (AvgIpc) is 3.16. The van der Waals surface area contributed by atoms with Gasteiger partial charge in [0.15, 0.2) is 11.5 Å². The number of hydrogen-bond acceptors (Lipinski definition) is 7. The van der Waals surface area contributed by atoms with Crippen molar-refractivity contribution in [3.8, 4) is 0 Å². The molecule has 2 saturated heterocycles. The van der Waals surface area contributed by atoms with Gasteiger partial charge in [-0.1, -0.05) is 0 Å². The van der Waals surface area contributed by atoms with Crippen LogP contribution in [0.3, 0.4) is 0 Å². The summed E-state index contributed by atoms with van der Waals surface area (Å²) in [6.45, 7) is 4.31. The highest BCUT2D eigenvalue weighted by molar-refractivity contribution is 5.45. The van der Waals surface area contributed by atoms with Gasteiger partial charge >= 0.3 is 0 Å². The molecule has 2 aliphatic rings. The van der Waals surface area contributed by atoms with Crippen molar-refractivity contribution >= 4 is 11.5 Å². The van der Waals surface area contributed by atoms with Gasteiger partial charge in [0.25, 0.3) is 0 Å². The molecule has 1 unspecified atom stereocenters. The molecule has 2 aliphatic heterocycles. The Kier molecular flexibility index (Phi) is 3.19. The van der Waals surface area contributed by atoms with Gasteiger partial charge < -0.3 is 10.6 Å². The molecule has 1 atom stereocenters. The average molecular weight is 288 g/mol. The molecule has 2 aromatic heterocycles. The minimum Gasteiger partial charge on any atom is -0.353 e. The first kappa shape index (κ1) is 12.9. The van der Waals surface area contributed by atoms with Crippen molar-refractivity contribution in [3.05, 3.63) is 12.1 Å². The second-order valence-electron chi connectivity index (χ2n) is 5.98. The van der Waals surface area contributed by atoms with Crippen molar-refractivity contribution in [2.75, 3.05) is 31.1 Å². The maximum Gasteiger partial charge on any atom is 0.200 e. The van der Waals surface area contributed by atoms with Crippen molar-refractivity contribution in [1.82, 2.24) is 30.2 Å². The molecule has 0 amide bonds. The normalized spacial score (nSPS) is 25.0. The summed E-state index contributed by atoms with van der Waals surface area (Å²) in [5.74, 6) is 0.950. The number of hydrogen-bond donors (Lipinski definition) is 1. The maximum absolute atomic E-state index is 5.99. The van der Waals surface area contributed by atoms with E-state index in [1.165, 1.54) is 11.1 Å². The van der Waals surface area contributed by atoms with Gasteiger partial charge in [-0.05, 0) is 54.9 Å². The molecule has 0 aliphatic carbocycles. The van der Waals surface area contributed by atoms with Crippen LogP contribution in [0, 0.1) is 0 Å². The first-order chi connectivity index (χ1) is 10.3. The van der Waals surface area contributed by atoms with Crippen LogP contribution >= 0.6 is 0 Å². The fourth-order valence-corrected chi connectivity index (χ4v) is 3.34. The molecule has 112 valence electrons. The van der Waals surface area contributed by atoms with Crippen molar-refractivity contribution < 1.29 is 0 Å². The topological polar surface area (TPSA) is 88.5 Å². The Morgan fingerprint density at radius 1 is 1.10 bits per heavy atom. The fraction of sp³-hybridized carbons (Fsp3) is 0.692. The number of fused-ring (bicyclic) bond motifs is 1. The van der Waals surface area contributed by atoms with Gasteiger partial charge in [0.1, 0.15) is 0 Å². The number of tetrazole rings is 1. The van der Waals surface area contributed by atoms with Gasteiger partial charge in [-0.2, -0.15) is 0 Å². The van der Waals surface area contributed by atoms with Crippen LogP contribution in [0.15, 0.2) is 12.1 Å². The van der Waals surface area contributed by atoms with Gasteiger partial charge in [0, 0.05) is 25.2 Å². The summed E-state index contributed by atoms with van der Waals surface area (Å²) in [5.41, 5.74) is 6.67. The Morgan fingerprint density at radius 3 is 2.81 bits per heavy atom. The summed E-state index contributed by atoms with van der Waals surface area (Å²) >= 11 is 0. The van der Waals surface area contributed by atoms with Gasteiger partial charge in [-0.15, -0.1) is 14.8 Å². The Balaban J connectivity index is 1.45. The SMILES string of the molecule is NC1CCN(C2CCN(c3ccc4nnnn4n3)C2)CC1. The number of aromatic nitrogens is 5. The molecule has 0 radical (unpaired) electrons. The lowest BCUT2D eigenvalue weighted by atomic mass is 10.0. The van der Waals surface area contributed by atoms with Crippen LogP contribution in [0.1, 0.15) is 19.3 Å². The van der Waals surface area contributed by atoms with Crippen LogP contribution in [0.5, 0.6) is 0 Å². The Morgan fingerprint density at radius 2 is 1.95 bits per heavy atom. The van der Waals surface area contributed by atoms with Crippen molar-refractivity contribution in [3.63, 3.8) is 0 Å². The third kappa shape index (κ3) is 2.44. The van der Waals surface area contributed by atoms with E-state index in [1.54, 1.807) is 0 Å². The van der Waals surface area contributed by atoms with Crippen LogP contribution in [0.4, 0.5) is 5.82 Å². The lowest BCUT2D eigenvalue weighted by Crippen LogP contribution is -2.46. The number of piperidine rings is 1. The highest BCUT2D eigenvalue weighted by atomic mass is 15.6. The smallest absolute Gasteiger partial charge is 0.200 e. The zero-order valence-electron chi connectivity index (χ0n) is 12.0. The van der Waals surface area contributed by atoms with Crippen LogP contribution in [-0.2, 0) is 0 Å². The molecule has 4 rings (SSSR count). The van der Waals surface area contributed by atoms with Gasteiger partial charge in [0.05, 0.1) is 0 Å². The second-order valence-corrected chi connectivity index (χ2v) is 5.98. The molecule has 8 heteroatoms. The van der Waals surface area contributed by atoms with E-state index in [0.717, 1.165) is 44.8 Å². The Hall–Kier alpha value is -1.80. The third-order valence-corrected chi connectivity index (χ3v) is 4.63. The van der Waals surface area contributed by atoms with E-state index in [4.69, 9.17) is 5.73 Å². The van der Waals surface area contributed by atoms with Gasteiger partial charge in [-0.3, -0.25) is 4.90 Å². The predicted molar refractivity (Wildman–Crippen MR) is 78.0 cm³/mol. The zero-order valence-corrected chi connectivity index (χ0v) is 12.0. The van der Waals surface area contributed by atoms with Crippen LogP contribution in [0.2, 0.25) is 0 Å². The first-order valence-corrected chi connectivity index (χ1v) is 7.59. The van der Waals surface area contributed by atoms with Crippen molar-refractivity contribution in [1.29, 1.82) is 0 Å². The number of nitrogens with two attached hydrogens (primary N) is 1. The molecular formula is C13H20N8.